The van der Waals surface area contributed by atoms with Gasteiger partial charge in [-0.1, -0.05) is 19.8 Å². The van der Waals surface area contributed by atoms with E-state index in [1.165, 1.54) is 44.3 Å². The Morgan fingerprint density at radius 2 is 2.13 bits per heavy atom. The molecule has 0 saturated heterocycles. The van der Waals surface area contributed by atoms with Gasteiger partial charge in [0.05, 0.1) is 5.76 Å². The summed E-state index contributed by atoms with van der Waals surface area (Å²) in [5.41, 5.74) is 0. The van der Waals surface area contributed by atoms with Gasteiger partial charge in [-0.2, -0.15) is 0 Å². The fourth-order valence-electron chi connectivity index (χ4n) is 2.14. The van der Waals surface area contributed by atoms with Crippen molar-refractivity contribution in [2.75, 3.05) is 0 Å². The molecule has 0 saturated carbocycles. The highest BCUT2D eigenvalue weighted by Crippen LogP contribution is 2.28. The summed E-state index contributed by atoms with van der Waals surface area (Å²) in [7, 11) is -1.37. The van der Waals surface area contributed by atoms with Crippen molar-refractivity contribution in [2.45, 2.75) is 65.1 Å². The first-order valence-corrected chi connectivity index (χ1v) is 9.82. The third-order valence-electron chi connectivity index (χ3n) is 2.79. The summed E-state index contributed by atoms with van der Waals surface area (Å²) in [4.78, 5) is 0. The minimum absolute atomic E-state index is 0.796. The van der Waals surface area contributed by atoms with Gasteiger partial charge in [0, 0.05) is 6.42 Å². The fraction of sp³-hybridized carbons (Fsp3) is 0.846. The Balaban J connectivity index is 2.46. The summed E-state index contributed by atoms with van der Waals surface area (Å²) in [6, 6.07) is 0. The molecule has 0 aliphatic heterocycles. The molecule has 0 heterocycles. The first-order valence-electron chi connectivity index (χ1n) is 6.41. The monoisotopic (exact) mass is 226 g/mol. The predicted molar refractivity (Wildman–Crippen MR) is 69.4 cm³/mol. The maximum atomic E-state index is 6.09. The van der Waals surface area contributed by atoms with Gasteiger partial charge >= 0.3 is 0 Å². The summed E-state index contributed by atoms with van der Waals surface area (Å²) in [5.74, 6) is 2.09. The van der Waals surface area contributed by atoms with Gasteiger partial charge < -0.3 is 4.43 Å². The van der Waals surface area contributed by atoms with Crippen LogP contribution in [-0.4, -0.2) is 8.32 Å². The fourth-order valence-corrected chi connectivity index (χ4v) is 3.10. The van der Waals surface area contributed by atoms with Crippen LogP contribution in [0, 0.1) is 5.92 Å². The van der Waals surface area contributed by atoms with Gasteiger partial charge in [-0.3, -0.25) is 0 Å². The summed E-state index contributed by atoms with van der Waals surface area (Å²) >= 11 is 0. The van der Waals surface area contributed by atoms with Crippen LogP contribution in [-0.2, 0) is 4.43 Å². The van der Waals surface area contributed by atoms with Crippen molar-refractivity contribution in [3.8, 4) is 0 Å². The third kappa shape index (κ3) is 5.40. The number of allylic oxidation sites excluding steroid dienone is 2. The van der Waals surface area contributed by atoms with Crippen molar-refractivity contribution in [3.05, 3.63) is 11.8 Å². The first kappa shape index (κ1) is 12.8. The molecule has 0 aromatic carbocycles. The lowest BCUT2D eigenvalue weighted by molar-refractivity contribution is 0.350. The standard InChI is InChI=1S/C13H26OSi/c1-5-6-8-12-9-7-10-13(11-12)14-15(2,3)4/h11-12H,5-10H2,1-4H3/t12-/m0/s1. The Labute approximate surface area is 96.0 Å². The van der Waals surface area contributed by atoms with E-state index >= 15 is 0 Å². The molecule has 1 aliphatic rings. The molecule has 15 heavy (non-hydrogen) atoms. The van der Waals surface area contributed by atoms with Crippen LogP contribution in [0.2, 0.25) is 19.6 Å². The minimum Gasteiger partial charge on any atom is -0.548 e. The van der Waals surface area contributed by atoms with Crippen LogP contribution < -0.4 is 0 Å². The zero-order chi connectivity index (χ0) is 11.3. The average Bonchev–Trinajstić information content (AvgIpc) is 2.12. The Morgan fingerprint density at radius 3 is 2.73 bits per heavy atom. The molecule has 0 N–H and O–H groups in total. The van der Waals surface area contributed by atoms with Gasteiger partial charge in [-0.15, -0.1) is 0 Å². The molecule has 0 spiro atoms. The van der Waals surface area contributed by atoms with Crippen LogP contribution in [0.25, 0.3) is 0 Å². The Kier molecular flexibility index (Phi) is 4.90. The summed E-state index contributed by atoms with van der Waals surface area (Å²) in [6.45, 7) is 9.07. The lowest BCUT2D eigenvalue weighted by Crippen LogP contribution is -2.26. The molecule has 1 aliphatic carbocycles. The minimum atomic E-state index is -1.37. The topological polar surface area (TPSA) is 9.23 Å². The zero-order valence-corrected chi connectivity index (χ0v) is 11.8. The second kappa shape index (κ2) is 5.74. The first-order chi connectivity index (χ1) is 7.01. The van der Waals surface area contributed by atoms with E-state index in [1.54, 1.807) is 0 Å². The maximum absolute atomic E-state index is 6.09. The van der Waals surface area contributed by atoms with E-state index < -0.39 is 8.32 Å². The van der Waals surface area contributed by atoms with E-state index in [2.05, 4.69) is 32.6 Å². The zero-order valence-electron chi connectivity index (χ0n) is 10.8. The van der Waals surface area contributed by atoms with E-state index in [1.807, 2.05) is 0 Å². The third-order valence-corrected chi connectivity index (χ3v) is 3.66. The lowest BCUT2D eigenvalue weighted by atomic mass is 9.90. The van der Waals surface area contributed by atoms with Crippen LogP contribution in [0.15, 0.2) is 11.8 Å². The molecule has 1 atom stereocenters. The van der Waals surface area contributed by atoms with Gasteiger partial charge in [0.1, 0.15) is 0 Å². The smallest absolute Gasteiger partial charge is 0.241 e. The van der Waals surface area contributed by atoms with Crippen molar-refractivity contribution >= 4 is 8.32 Å². The Hall–Kier alpha value is -0.243. The van der Waals surface area contributed by atoms with Crippen molar-refractivity contribution in [1.29, 1.82) is 0 Å². The SMILES string of the molecule is CCCC[C@@H]1C=C(O[Si](C)(C)C)CCC1. The molecule has 88 valence electrons. The van der Waals surface area contributed by atoms with Crippen LogP contribution in [0.3, 0.4) is 0 Å². The normalized spacial score (nSPS) is 22.4. The van der Waals surface area contributed by atoms with Crippen LogP contribution in [0.4, 0.5) is 0 Å². The molecule has 0 unspecified atom stereocenters. The van der Waals surface area contributed by atoms with Crippen molar-refractivity contribution in [3.63, 3.8) is 0 Å². The van der Waals surface area contributed by atoms with Gasteiger partial charge in [-0.25, -0.2) is 0 Å². The van der Waals surface area contributed by atoms with E-state index in [-0.39, 0.29) is 0 Å². The summed E-state index contributed by atoms with van der Waals surface area (Å²) in [6.07, 6.45) is 10.3. The number of hydrogen-bond acceptors (Lipinski definition) is 1. The van der Waals surface area contributed by atoms with Crippen molar-refractivity contribution in [1.82, 2.24) is 0 Å². The molecular weight excluding hydrogens is 200 g/mol. The number of rotatable bonds is 5. The van der Waals surface area contributed by atoms with Gasteiger partial charge in [0.15, 0.2) is 0 Å². The van der Waals surface area contributed by atoms with Crippen molar-refractivity contribution in [2.24, 2.45) is 5.92 Å². The molecule has 0 bridgehead atoms. The second-order valence-corrected chi connectivity index (χ2v) is 10.1. The van der Waals surface area contributed by atoms with E-state index in [0.29, 0.717) is 0 Å². The summed E-state index contributed by atoms with van der Waals surface area (Å²) < 4.78 is 6.09. The van der Waals surface area contributed by atoms with E-state index in [9.17, 15) is 0 Å². The second-order valence-electron chi connectivity index (χ2n) is 5.64. The largest absolute Gasteiger partial charge is 0.548 e. The highest BCUT2D eigenvalue weighted by Gasteiger charge is 2.20. The van der Waals surface area contributed by atoms with Gasteiger partial charge in [-0.05, 0) is 50.9 Å². The molecule has 0 fully saturated rings. The van der Waals surface area contributed by atoms with Crippen molar-refractivity contribution < 1.29 is 4.43 Å². The van der Waals surface area contributed by atoms with Gasteiger partial charge in [0.25, 0.3) is 0 Å². The highest BCUT2D eigenvalue weighted by molar-refractivity contribution is 6.70. The van der Waals surface area contributed by atoms with E-state index in [4.69, 9.17) is 4.43 Å². The molecule has 2 heteroatoms. The van der Waals surface area contributed by atoms with Crippen LogP contribution >= 0.6 is 0 Å². The lowest BCUT2D eigenvalue weighted by Gasteiger charge is -2.27. The van der Waals surface area contributed by atoms with E-state index in [0.717, 1.165) is 5.92 Å². The maximum Gasteiger partial charge on any atom is 0.241 e. The molecule has 0 amide bonds. The number of unbranched alkanes of at least 4 members (excludes halogenated alkanes) is 1. The average molecular weight is 226 g/mol. The quantitative estimate of drug-likeness (QED) is 0.617. The molecular formula is C13H26OSi. The van der Waals surface area contributed by atoms with Crippen LogP contribution in [0.1, 0.15) is 45.4 Å². The molecule has 1 rings (SSSR count). The molecule has 1 nitrogen and oxygen atoms in total. The number of hydrogen-bond donors (Lipinski definition) is 0. The summed E-state index contributed by atoms with van der Waals surface area (Å²) in [5, 5.41) is 0. The Bertz CT molecular complexity index is 215. The van der Waals surface area contributed by atoms with Gasteiger partial charge in [0.2, 0.25) is 8.32 Å². The van der Waals surface area contributed by atoms with Crippen LogP contribution in [0.5, 0.6) is 0 Å². The highest BCUT2D eigenvalue weighted by atomic mass is 28.4. The molecule has 0 aromatic heterocycles. The predicted octanol–water partition coefficient (Wildman–Crippen LogP) is 4.71. The molecule has 0 aromatic rings. The molecule has 0 radical (unpaired) electrons. The Morgan fingerprint density at radius 1 is 1.40 bits per heavy atom.